The number of likely N-dealkylation sites (tertiary alicyclic amines) is 1. The minimum atomic E-state index is -4.25. The third-order valence-corrected chi connectivity index (χ3v) is 3.61. The van der Waals surface area contributed by atoms with E-state index in [1.54, 1.807) is 24.3 Å². The molecule has 1 fully saturated rings. The zero-order valence-corrected chi connectivity index (χ0v) is 11.5. The summed E-state index contributed by atoms with van der Waals surface area (Å²) in [6.07, 6.45) is -3.80. The number of alkyl halides is 3. The molecule has 0 saturated carbocycles. The van der Waals surface area contributed by atoms with E-state index >= 15 is 0 Å². The van der Waals surface area contributed by atoms with E-state index in [4.69, 9.17) is 5.73 Å². The van der Waals surface area contributed by atoms with Crippen molar-refractivity contribution in [2.24, 2.45) is 11.7 Å². The average Bonchev–Trinajstić information content (AvgIpc) is 2.47. The molecule has 0 bridgehead atoms. The standard InChI is InChI=1S/C14H18F3N3O/c15-14(16,17)11-2-1-7-20(9-11)13(21)19-12-5-3-10(8-18)4-6-12/h3-6,11H,1-2,7-9,18H2,(H,19,21). The molecule has 2 rings (SSSR count). The number of halogens is 3. The monoisotopic (exact) mass is 301 g/mol. The second-order valence-corrected chi connectivity index (χ2v) is 5.16. The van der Waals surface area contributed by atoms with Crippen LogP contribution in [0.2, 0.25) is 0 Å². The Morgan fingerprint density at radius 1 is 1.33 bits per heavy atom. The molecular formula is C14H18F3N3O. The highest BCUT2D eigenvalue weighted by Gasteiger charge is 2.42. The van der Waals surface area contributed by atoms with Gasteiger partial charge in [0, 0.05) is 25.3 Å². The van der Waals surface area contributed by atoms with E-state index < -0.39 is 18.1 Å². The number of rotatable bonds is 2. The predicted molar refractivity (Wildman–Crippen MR) is 73.7 cm³/mol. The fourth-order valence-corrected chi connectivity index (χ4v) is 2.36. The smallest absolute Gasteiger partial charge is 0.326 e. The van der Waals surface area contributed by atoms with E-state index in [-0.39, 0.29) is 13.0 Å². The zero-order chi connectivity index (χ0) is 15.5. The second-order valence-electron chi connectivity index (χ2n) is 5.16. The lowest BCUT2D eigenvalue weighted by Gasteiger charge is -2.33. The third-order valence-electron chi connectivity index (χ3n) is 3.61. The van der Waals surface area contributed by atoms with E-state index in [1.165, 1.54) is 4.90 Å². The van der Waals surface area contributed by atoms with Gasteiger partial charge in [0.2, 0.25) is 0 Å². The molecule has 3 N–H and O–H groups in total. The highest BCUT2D eigenvalue weighted by atomic mass is 19.4. The number of hydrogen-bond acceptors (Lipinski definition) is 2. The highest BCUT2D eigenvalue weighted by Crippen LogP contribution is 2.33. The third kappa shape index (κ3) is 4.10. The summed E-state index contributed by atoms with van der Waals surface area (Å²) in [5, 5.41) is 2.61. The van der Waals surface area contributed by atoms with Crippen LogP contribution in [0.5, 0.6) is 0 Å². The number of amides is 2. The van der Waals surface area contributed by atoms with Crippen molar-refractivity contribution in [3.05, 3.63) is 29.8 Å². The molecule has 4 nitrogen and oxygen atoms in total. The molecule has 0 aromatic heterocycles. The van der Waals surface area contributed by atoms with Crippen molar-refractivity contribution in [1.29, 1.82) is 0 Å². The minimum Gasteiger partial charge on any atom is -0.326 e. The van der Waals surface area contributed by atoms with Crippen LogP contribution in [0.3, 0.4) is 0 Å². The molecule has 7 heteroatoms. The number of carbonyl (C=O) groups is 1. The molecule has 21 heavy (non-hydrogen) atoms. The van der Waals surface area contributed by atoms with Crippen LogP contribution in [0.15, 0.2) is 24.3 Å². The summed E-state index contributed by atoms with van der Waals surface area (Å²) < 4.78 is 38.2. The maximum atomic E-state index is 12.7. The fourth-order valence-electron chi connectivity index (χ4n) is 2.36. The Morgan fingerprint density at radius 3 is 2.57 bits per heavy atom. The maximum Gasteiger partial charge on any atom is 0.393 e. The number of urea groups is 1. The van der Waals surface area contributed by atoms with Crippen molar-refractivity contribution in [2.45, 2.75) is 25.6 Å². The molecule has 2 amide bonds. The summed E-state index contributed by atoms with van der Waals surface area (Å²) in [5.74, 6) is -1.43. The van der Waals surface area contributed by atoms with Gasteiger partial charge in [-0.2, -0.15) is 13.2 Å². The van der Waals surface area contributed by atoms with Gasteiger partial charge in [0.15, 0.2) is 0 Å². The molecule has 1 aliphatic rings. The van der Waals surface area contributed by atoms with Crippen LogP contribution in [-0.4, -0.2) is 30.2 Å². The molecule has 1 unspecified atom stereocenters. The molecule has 116 valence electrons. The van der Waals surface area contributed by atoms with Gasteiger partial charge in [-0.3, -0.25) is 0 Å². The van der Waals surface area contributed by atoms with Crippen LogP contribution in [-0.2, 0) is 6.54 Å². The van der Waals surface area contributed by atoms with Crippen molar-refractivity contribution >= 4 is 11.7 Å². The van der Waals surface area contributed by atoms with Crippen molar-refractivity contribution < 1.29 is 18.0 Å². The first-order chi connectivity index (χ1) is 9.90. The second kappa shape index (κ2) is 6.34. The Bertz CT molecular complexity index is 487. The molecule has 1 aromatic carbocycles. The molecule has 0 spiro atoms. The summed E-state index contributed by atoms with van der Waals surface area (Å²) in [6.45, 7) is 0.461. The summed E-state index contributed by atoms with van der Waals surface area (Å²) in [6, 6.07) is 6.41. The van der Waals surface area contributed by atoms with E-state index in [0.717, 1.165) is 5.56 Å². The summed E-state index contributed by atoms with van der Waals surface area (Å²) in [4.78, 5) is 13.2. The van der Waals surface area contributed by atoms with E-state index in [9.17, 15) is 18.0 Å². The quantitative estimate of drug-likeness (QED) is 0.882. The van der Waals surface area contributed by atoms with Crippen molar-refractivity contribution in [2.75, 3.05) is 18.4 Å². The first kappa shape index (κ1) is 15.6. The number of nitrogens with two attached hydrogens (primary N) is 1. The fraction of sp³-hybridized carbons (Fsp3) is 0.500. The molecule has 0 radical (unpaired) electrons. The van der Waals surface area contributed by atoms with Gasteiger partial charge in [-0.15, -0.1) is 0 Å². The van der Waals surface area contributed by atoms with Crippen molar-refractivity contribution in [3.8, 4) is 0 Å². The van der Waals surface area contributed by atoms with E-state index in [1.807, 2.05) is 0 Å². The first-order valence-electron chi connectivity index (χ1n) is 6.82. The maximum absolute atomic E-state index is 12.7. The Labute approximate surface area is 121 Å². The number of hydrogen-bond donors (Lipinski definition) is 2. The Balaban J connectivity index is 1.96. The number of anilines is 1. The van der Waals surface area contributed by atoms with Gasteiger partial charge in [0.25, 0.3) is 0 Å². The molecule has 1 atom stereocenters. The Kier molecular flexibility index (Phi) is 4.72. The van der Waals surface area contributed by atoms with Gasteiger partial charge in [-0.1, -0.05) is 12.1 Å². The number of nitrogens with zero attached hydrogens (tertiary/aromatic N) is 1. The molecule has 1 heterocycles. The summed E-state index contributed by atoms with van der Waals surface area (Å²) >= 11 is 0. The lowest BCUT2D eigenvalue weighted by molar-refractivity contribution is -0.183. The number of carbonyl (C=O) groups excluding carboxylic acids is 1. The van der Waals surface area contributed by atoms with Gasteiger partial charge in [-0.05, 0) is 30.5 Å². The molecular weight excluding hydrogens is 283 g/mol. The normalized spacial score (nSPS) is 19.4. The van der Waals surface area contributed by atoms with Gasteiger partial charge >= 0.3 is 12.2 Å². The van der Waals surface area contributed by atoms with Crippen LogP contribution in [0.1, 0.15) is 18.4 Å². The van der Waals surface area contributed by atoms with Crippen LogP contribution < -0.4 is 11.1 Å². The van der Waals surface area contributed by atoms with Gasteiger partial charge < -0.3 is 16.0 Å². The highest BCUT2D eigenvalue weighted by molar-refractivity contribution is 5.89. The van der Waals surface area contributed by atoms with Gasteiger partial charge in [-0.25, -0.2) is 4.79 Å². The van der Waals surface area contributed by atoms with Gasteiger partial charge in [0.05, 0.1) is 5.92 Å². The Morgan fingerprint density at radius 2 is 2.00 bits per heavy atom. The topological polar surface area (TPSA) is 58.4 Å². The van der Waals surface area contributed by atoms with Crippen LogP contribution in [0, 0.1) is 5.92 Å². The van der Waals surface area contributed by atoms with Crippen LogP contribution in [0.4, 0.5) is 23.7 Å². The van der Waals surface area contributed by atoms with Crippen LogP contribution >= 0.6 is 0 Å². The van der Waals surface area contributed by atoms with Crippen molar-refractivity contribution in [3.63, 3.8) is 0 Å². The van der Waals surface area contributed by atoms with Crippen LogP contribution in [0.25, 0.3) is 0 Å². The summed E-state index contributed by atoms with van der Waals surface area (Å²) in [5.41, 5.74) is 6.94. The summed E-state index contributed by atoms with van der Waals surface area (Å²) in [7, 11) is 0. The number of benzene rings is 1. The SMILES string of the molecule is NCc1ccc(NC(=O)N2CCCC(C(F)(F)F)C2)cc1. The van der Waals surface area contributed by atoms with Crippen molar-refractivity contribution in [1.82, 2.24) is 4.90 Å². The zero-order valence-electron chi connectivity index (χ0n) is 11.5. The number of nitrogens with one attached hydrogen (secondary N) is 1. The predicted octanol–water partition coefficient (Wildman–Crippen LogP) is 2.95. The van der Waals surface area contributed by atoms with E-state index in [0.29, 0.717) is 25.2 Å². The lowest BCUT2D eigenvalue weighted by atomic mass is 9.98. The largest absolute Gasteiger partial charge is 0.393 e. The lowest BCUT2D eigenvalue weighted by Crippen LogP contribution is -2.46. The molecule has 1 aliphatic heterocycles. The average molecular weight is 301 g/mol. The van der Waals surface area contributed by atoms with E-state index in [2.05, 4.69) is 5.32 Å². The first-order valence-corrected chi connectivity index (χ1v) is 6.82. The number of piperidine rings is 1. The molecule has 0 aliphatic carbocycles. The van der Waals surface area contributed by atoms with Gasteiger partial charge in [0.1, 0.15) is 0 Å². The minimum absolute atomic E-state index is 0.0818. The molecule has 1 aromatic rings. The Hall–Kier alpha value is -1.76. The molecule has 1 saturated heterocycles.